The molecule has 4 rings (SSSR count). The summed E-state index contributed by atoms with van der Waals surface area (Å²) in [5, 5.41) is 18.8. The van der Waals surface area contributed by atoms with E-state index in [-0.39, 0.29) is 11.8 Å². The highest BCUT2D eigenvalue weighted by atomic mass is 19.3. The van der Waals surface area contributed by atoms with Gasteiger partial charge in [-0.2, -0.15) is 8.78 Å². The Kier molecular flexibility index (Phi) is 4.56. The number of hydrogen-bond acceptors (Lipinski definition) is 6. The Morgan fingerprint density at radius 3 is 2.37 bits per heavy atom. The van der Waals surface area contributed by atoms with Crippen molar-refractivity contribution in [2.24, 2.45) is 0 Å². The monoisotopic (exact) mass is 368 g/mol. The zero-order valence-electron chi connectivity index (χ0n) is 13.9. The first-order valence-corrected chi connectivity index (χ1v) is 8.11. The van der Waals surface area contributed by atoms with Gasteiger partial charge >= 0.3 is 6.61 Å². The molecule has 0 amide bonds. The predicted octanol–water partition coefficient (Wildman–Crippen LogP) is 3.32. The summed E-state index contributed by atoms with van der Waals surface area (Å²) < 4.78 is 30.5. The van der Waals surface area contributed by atoms with Gasteiger partial charge in [0.2, 0.25) is 0 Å². The van der Waals surface area contributed by atoms with E-state index in [4.69, 9.17) is 0 Å². The molecule has 2 aromatic heterocycles. The Morgan fingerprint density at radius 1 is 0.889 bits per heavy atom. The Labute approximate surface area is 152 Å². The summed E-state index contributed by atoms with van der Waals surface area (Å²) in [5.74, 6) is 0.672. The molecule has 9 heteroatoms. The fourth-order valence-corrected chi connectivity index (χ4v) is 2.72. The quantitative estimate of drug-likeness (QED) is 0.563. The number of rotatable bonds is 6. The molecule has 0 aliphatic rings. The second kappa shape index (κ2) is 7.32. The number of halogens is 2. The van der Waals surface area contributed by atoms with Gasteiger partial charge in [-0.25, -0.2) is 0 Å². The van der Waals surface area contributed by atoms with Gasteiger partial charge in [0.05, 0.1) is 6.04 Å². The van der Waals surface area contributed by atoms with Crippen LogP contribution in [0.3, 0.4) is 0 Å². The van der Waals surface area contributed by atoms with Crippen molar-refractivity contribution >= 4 is 11.5 Å². The summed E-state index contributed by atoms with van der Waals surface area (Å²) in [5.41, 5.74) is 2.38. The van der Waals surface area contributed by atoms with E-state index in [1.807, 2.05) is 30.3 Å². The van der Waals surface area contributed by atoms with Crippen LogP contribution in [0.5, 0.6) is 5.75 Å². The molecular weight excluding hydrogens is 354 g/mol. The molecule has 2 aromatic carbocycles. The molecule has 0 unspecified atom stereocenters. The van der Waals surface area contributed by atoms with E-state index in [1.54, 1.807) is 24.3 Å². The maximum Gasteiger partial charge on any atom is 0.387 e. The number of nitrogens with zero attached hydrogens (tertiary/aromatic N) is 5. The van der Waals surface area contributed by atoms with Gasteiger partial charge in [-0.3, -0.25) is 0 Å². The Balaban J connectivity index is 1.66. The summed E-state index contributed by atoms with van der Waals surface area (Å²) in [4.78, 5) is 0. The third kappa shape index (κ3) is 3.81. The van der Waals surface area contributed by atoms with Crippen LogP contribution < -0.4 is 10.1 Å². The van der Waals surface area contributed by atoms with Crippen molar-refractivity contribution in [1.82, 2.24) is 25.3 Å². The highest BCUT2D eigenvalue weighted by Gasteiger charge is 2.16. The van der Waals surface area contributed by atoms with Gasteiger partial charge in [-0.15, -0.1) is 14.8 Å². The normalized spacial score (nSPS) is 12.3. The van der Waals surface area contributed by atoms with Crippen LogP contribution in [-0.4, -0.2) is 31.9 Å². The number of hydrogen-bond donors (Lipinski definition) is 1. The number of anilines is 1. The molecule has 1 atom stereocenters. The van der Waals surface area contributed by atoms with Crippen LogP contribution in [0.15, 0.2) is 66.7 Å². The third-order valence-corrected chi connectivity index (χ3v) is 3.93. The lowest BCUT2D eigenvalue weighted by Crippen LogP contribution is -2.14. The minimum Gasteiger partial charge on any atom is -0.435 e. The zero-order chi connectivity index (χ0) is 18.6. The smallest absolute Gasteiger partial charge is 0.387 e. The van der Waals surface area contributed by atoms with Crippen LogP contribution in [0.25, 0.3) is 5.65 Å². The van der Waals surface area contributed by atoms with Crippen LogP contribution >= 0.6 is 0 Å². The van der Waals surface area contributed by atoms with E-state index < -0.39 is 6.61 Å². The molecule has 0 saturated heterocycles. The topological polar surface area (TPSA) is 77.2 Å². The lowest BCUT2D eigenvalue weighted by molar-refractivity contribution is -0.0498. The van der Waals surface area contributed by atoms with E-state index in [0.29, 0.717) is 11.5 Å². The Morgan fingerprint density at radius 2 is 1.63 bits per heavy atom. The minimum absolute atomic E-state index is 0.105. The molecular formula is C18H14F2N6O. The molecule has 27 heavy (non-hydrogen) atoms. The van der Waals surface area contributed by atoms with Crippen LogP contribution in [0.2, 0.25) is 0 Å². The molecule has 136 valence electrons. The average molecular weight is 368 g/mol. The van der Waals surface area contributed by atoms with E-state index in [0.717, 1.165) is 11.1 Å². The van der Waals surface area contributed by atoms with Crippen molar-refractivity contribution in [1.29, 1.82) is 0 Å². The number of alkyl halides is 2. The summed E-state index contributed by atoms with van der Waals surface area (Å²) in [6.07, 6.45) is 0. The number of aromatic nitrogens is 5. The van der Waals surface area contributed by atoms with Gasteiger partial charge < -0.3 is 10.1 Å². The van der Waals surface area contributed by atoms with Crippen LogP contribution in [0.4, 0.5) is 14.6 Å². The second-order valence-electron chi connectivity index (χ2n) is 5.68. The number of fused-ring (bicyclic) bond motifs is 1. The van der Waals surface area contributed by atoms with E-state index >= 15 is 0 Å². The van der Waals surface area contributed by atoms with Crippen molar-refractivity contribution in [3.8, 4) is 5.75 Å². The molecule has 0 bridgehead atoms. The van der Waals surface area contributed by atoms with E-state index in [2.05, 4.69) is 30.7 Å². The first kappa shape index (κ1) is 16.8. The Hall–Kier alpha value is -3.62. The molecule has 0 aliphatic carbocycles. The Bertz CT molecular complexity index is 1020. The van der Waals surface area contributed by atoms with Gasteiger partial charge in [0, 0.05) is 0 Å². The van der Waals surface area contributed by atoms with Gasteiger partial charge in [-0.1, -0.05) is 42.5 Å². The standard InChI is InChI=1S/C18H14F2N6O/c19-18(20)27-14-8-6-13(7-9-14)17(12-4-2-1-3-5-12)21-15-10-11-16-22-24-25-26(16)23-15/h1-11,17-18H,(H,21,23)/t17-/m0/s1. The lowest BCUT2D eigenvalue weighted by atomic mass is 9.98. The van der Waals surface area contributed by atoms with E-state index in [9.17, 15) is 8.78 Å². The molecule has 0 aliphatic heterocycles. The molecule has 0 fully saturated rings. The predicted molar refractivity (Wildman–Crippen MR) is 93.6 cm³/mol. The fraction of sp³-hybridized carbons (Fsp3) is 0.111. The van der Waals surface area contributed by atoms with Crippen molar-refractivity contribution in [2.75, 3.05) is 5.32 Å². The largest absolute Gasteiger partial charge is 0.435 e. The van der Waals surface area contributed by atoms with Crippen LogP contribution in [-0.2, 0) is 0 Å². The summed E-state index contributed by atoms with van der Waals surface area (Å²) in [6, 6.07) is 19.5. The fourth-order valence-electron chi connectivity index (χ4n) is 2.72. The minimum atomic E-state index is -2.86. The number of nitrogens with one attached hydrogen (secondary N) is 1. The molecule has 7 nitrogen and oxygen atoms in total. The highest BCUT2D eigenvalue weighted by molar-refractivity contribution is 5.47. The van der Waals surface area contributed by atoms with Gasteiger partial charge in [0.1, 0.15) is 11.6 Å². The maximum atomic E-state index is 12.4. The second-order valence-corrected chi connectivity index (χ2v) is 5.68. The number of tetrazole rings is 1. The maximum absolute atomic E-state index is 12.4. The molecule has 0 saturated carbocycles. The van der Waals surface area contributed by atoms with Crippen molar-refractivity contribution in [2.45, 2.75) is 12.7 Å². The SMILES string of the molecule is FC(F)Oc1ccc([C@@H](Nc2ccc3nnnn3n2)c2ccccc2)cc1. The summed E-state index contributed by atoms with van der Waals surface area (Å²) in [6.45, 7) is -2.86. The van der Waals surface area contributed by atoms with Gasteiger partial charge in [0.25, 0.3) is 0 Å². The molecule has 1 N–H and O–H groups in total. The first-order valence-electron chi connectivity index (χ1n) is 8.11. The highest BCUT2D eigenvalue weighted by Crippen LogP contribution is 2.27. The summed E-state index contributed by atoms with van der Waals surface area (Å²) in [7, 11) is 0. The molecule has 2 heterocycles. The summed E-state index contributed by atoms with van der Waals surface area (Å²) >= 11 is 0. The van der Waals surface area contributed by atoms with Crippen molar-refractivity contribution in [3.05, 3.63) is 77.9 Å². The average Bonchev–Trinajstić information content (AvgIpc) is 3.15. The van der Waals surface area contributed by atoms with Crippen molar-refractivity contribution < 1.29 is 13.5 Å². The lowest BCUT2D eigenvalue weighted by Gasteiger charge is -2.20. The number of benzene rings is 2. The van der Waals surface area contributed by atoms with Crippen LogP contribution in [0.1, 0.15) is 17.2 Å². The number of ether oxygens (including phenoxy) is 1. The van der Waals surface area contributed by atoms with Gasteiger partial charge in [-0.05, 0) is 45.8 Å². The molecule has 0 spiro atoms. The molecule has 4 aromatic rings. The van der Waals surface area contributed by atoms with Gasteiger partial charge in [0.15, 0.2) is 5.65 Å². The van der Waals surface area contributed by atoms with Crippen molar-refractivity contribution in [3.63, 3.8) is 0 Å². The van der Waals surface area contributed by atoms with E-state index in [1.165, 1.54) is 16.8 Å². The van der Waals surface area contributed by atoms with Crippen LogP contribution in [0, 0.1) is 0 Å². The third-order valence-electron chi connectivity index (χ3n) is 3.93. The zero-order valence-corrected chi connectivity index (χ0v) is 13.9. The first-order chi connectivity index (χ1) is 13.2. The molecule has 0 radical (unpaired) electrons.